The van der Waals surface area contributed by atoms with Gasteiger partial charge in [0.15, 0.2) is 11.4 Å². The van der Waals surface area contributed by atoms with E-state index in [1.807, 2.05) is 13.0 Å². The Balaban J connectivity index is 2.06. The van der Waals surface area contributed by atoms with Gasteiger partial charge in [0.1, 0.15) is 5.82 Å². The van der Waals surface area contributed by atoms with Gasteiger partial charge in [-0.2, -0.15) is 9.61 Å². The fraction of sp³-hybridized carbons (Fsp3) is 0.417. The van der Waals surface area contributed by atoms with Crippen LogP contribution >= 0.6 is 0 Å². The first-order valence-corrected chi connectivity index (χ1v) is 6.05. The van der Waals surface area contributed by atoms with E-state index in [2.05, 4.69) is 15.4 Å². The monoisotopic (exact) mass is 245 g/mol. The van der Waals surface area contributed by atoms with Gasteiger partial charge in [-0.25, -0.2) is 4.98 Å². The van der Waals surface area contributed by atoms with E-state index >= 15 is 0 Å². The molecule has 1 aliphatic rings. The minimum atomic E-state index is -0.136. The fourth-order valence-corrected chi connectivity index (χ4v) is 2.35. The molecule has 3 heterocycles. The minimum Gasteiger partial charge on any atom is -0.383 e. The number of hydrogen-bond donors (Lipinski definition) is 2. The van der Waals surface area contributed by atoms with Crippen LogP contribution in [0.4, 0.5) is 5.82 Å². The summed E-state index contributed by atoms with van der Waals surface area (Å²) >= 11 is 0. The van der Waals surface area contributed by atoms with E-state index in [0.717, 1.165) is 25.1 Å². The van der Waals surface area contributed by atoms with E-state index in [0.29, 0.717) is 17.0 Å². The zero-order valence-corrected chi connectivity index (χ0v) is 10.2. The number of anilines is 1. The minimum absolute atomic E-state index is 0.00699. The van der Waals surface area contributed by atoms with E-state index < -0.39 is 0 Å². The number of aryl methyl sites for hydroxylation is 1. The normalized spacial score (nSPS) is 19.5. The van der Waals surface area contributed by atoms with Crippen LogP contribution in [-0.4, -0.2) is 33.0 Å². The zero-order valence-electron chi connectivity index (χ0n) is 10.2. The Morgan fingerprint density at radius 1 is 1.61 bits per heavy atom. The van der Waals surface area contributed by atoms with Crippen LogP contribution in [-0.2, 0) is 0 Å². The van der Waals surface area contributed by atoms with Crippen molar-refractivity contribution < 1.29 is 4.79 Å². The lowest BCUT2D eigenvalue weighted by Gasteiger charge is -2.11. The number of carbonyl (C=O) groups is 1. The lowest BCUT2D eigenvalue weighted by molar-refractivity contribution is 0.0952. The van der Waals surface area contributed by atoms with E-state index in [9.17, 15) is 4.79 Å². The highest BCUT2D eigenvalue weighted by atomic mass is 16.1. The Labute approximate surface area is 104 Å². The molecule has 0 unspecified atom stereocenters. The van der Waals surface area contributed by atoms with Crippen molar-refractivity contribution in [2.75, 3.05) is 12.3 Å². The summed E-state index contributed by atoms with van der Waals surface area (Å²) in [6.45, 7) is 2.75. The van der Waals surface area contributed by atoms with Gasteiger partial charge >= 0.3 is 0 Å². The molecule has 3 rings (SSSR count). The SMILES string of the molecule is Cc1cc2ncc(C(=O)[C@@H]3CCCN3)c(N)n2n1. The highest BCUT2D eigenvalue weighted by molar-refractivity contribution is 6.03. The van der Waals surface area contributed by atoms with E-state index in [1.165, 1.54) is 4.52 Å². The van der Waals surface area contributed by atoms with Crippen LogP contribution < -0.4 is 11.1 Å². The number of ketones is 1. The van der Waals surface area contributed by atoms with Crippen molar-refractivity contribution in [1.82, 2.24) is 19.9 Å². The molecule has 3 N–H and O–H groups in total. The van der Waals surface area contributed by atoms with Gasteiger partial charge in [-0.3, -0.25) is 4.79 Å². The predicted octanol–water partition coefficient (Wildman–Crippen LogP) is 0.555. The van der Waals surface area contributed by atoms with Crippen molar-refractivity contribution in [3.63, 3.8) is 0 Å². The molecule has 0 radical (unpaired) electrons. The van der Waals surface area contributed by atoms with Gasteiger partial charge in [0.05, 0.1) is 17.3 Å². The molecular weight excluding hydrogens is 230 g/mol. The number of hydrogen-bond acceptors (Lipinski definition) is 5. The maximum atomic E-state index is 12.3. The summed E-state index contributed by atoms with van der Waals surface area (Å²) in [6, 6.07) is 1.70. The molecule has 6 nitrogen and oxygen atoms in total. The lowest BCUT2D eigenvalue weighted by atomic mass is 10.1. The molecule has 2 aromatic rings. The van der Waals surface area contributed by atoms with Crippen molar-refractivity contribution in [3.05, 3.63) is 23.5 Å². The quantitative estimate of drug-likeness (QED) is 0.755. The van der Waals surface area contributed by atoms with Gasteiger partial charge in [0, 0.05) is 12.3 Å². The molecule has 0 saturated carbocycles. The van der Waals surface area contributed by atoms with Crippen LogP contribution in [0.15, 0.2) is 12.3 Å². The third-order valence-electron chi connectivity index (χ3n) is 3.29. The number of aromatic nitrogens is 3. The summed E-state index contributed by atoms with van der Waals surface area (Å²) < 4.78 is 1.53. The first-order valence-electron chi connectivity index (χ1n) is 6.05. The molecule has 94 valence electrons. The molecule has 0 aliphatic carbocycles. The first kappa shape index (κ1) is 11.2. The van der Waals surface area contributed by atoms with Crippen LogP contribution in [0.25, 0.3) is 5.65 Å². The third kappa shape index (κ3) is 1.65. The topological polar surface area (TPSA) is 85.3 Å². The van der Waals surface area contributed by atoms with Gasteiger partial charge in [0.2, 0.25) is 0 Å². The number of nitrogens with two attached hydrogens (primary N) is 1. The first-order chi connectivity index (χ1) is 8.66. The molecule has 0 amide bonds. The Morgan fingerprint density at radius 2 is 2.44 bits per heavy atom. The number of rotatable bonds is 2. The van der Waals surface area contributed by atoms with Gasteiger partial charge in [-0.15, -0.1) is 0 Å². The fourth-order valence-electron chi connectivity index (χ4n) is 2.35. The maximum Gasteiger partial charge on any atom is 0.184 e. The van der Waals surface area contributed by atoms with Crippen LogP contribution in [0.2, 0.25) is 0 Å². The number of nitrogens with one attached hydrogen (secondary N) is 1. The maximum absolute atomic E-state index is 12.3. The molecule has 1 atom stereocenters. The summed E-state index contributed by atoms with van der Waals surface area (Å²) in [5, 5.41) is 7.41. The molecule has 1 aliphatic heterocycles. The van der Waals surface area contributed by atoms with Crippen LogP contribution in [0.5, 0.6) is 0 Å². The summed E-state index contributed by atoms with van der Waals surface area (Å²) in [5.74, 6) is 0.374. The Bertz CT molecular complexity index is 612. The van der Waals surface area contributed by atoms with Gasteiger partial charge in [-0.1, -0.05) is 0 Å². The highest BCUT2D eigenvalue weighted by Gasteiger charge is 2.26. The molecule has 6 heteroatoms. The molecule has 1 fully saturated rings. The van der Waals surface area contributed by atoms with E-state index in [4.69, 9.17) is 5.73 Å². The van der Waals surface area contributed by atoms with Crippen molar-refractivity contribution in [1.29, 1.82) is 0 Å². The average molecular weight is 245 g/mol. The van der Waals surface area contributed by atoms with Crippen molar-refractivity contribution in [3.8, 4) is 0 Å². The number of nitrogens with zero attached hydrogens (tertiary/aromatic N) is 3. The standard InChI is InChI=1S/C12H15N5O/c1-7-5-10-15-6-8(12(13)17(10)16-7)11(18)9-3-2-4-14-9/h5-6,9,14H,2-4,13H2,1H3/t9-/m0/s1. The Morgan fingerprint density at radius 3 is 3.17 bits per heavy atom. The van der Waals surface area contributed by atoms with Crippen molar-refractivity contribution >= 4 is 17.2 Å². The Hall–Kier alpha value is -1.95. The third-order valence-corrected chi connectivity index (χ3v) is 3.29. The summed E-state index contributed by atoms with van der Waals surface area (Å²) in [5.41, 5.74) is 7.96. The Kier molecular flexibility index (Phi) is 2.52. The van der Waals surface area contributed by atoms with Crippen LogP contribution in [0, 0.1) is 6.92 Å². The average Bonchev–Trinajstić information content (AvgIpc) is 2.97. The van der Waals surface area contributed by atoms with E-state index in [-0.39, 0.29) is 11.8 Å². The summed E-state index contributed by atoms with van der Waals surface area (Å²) in [4.78, 5) is 16.5. The number of nitrogen functional groups attached to an aromatic ring is 1. The molecule has 1 saturated heterocycles. The molecule has 0 spiro atoms. The molecule has 2 aromatic heterocycles. The predicted molar refractivity (Wildman–Crippen MR) is 67.5 cm³/mol. The van der Waals surface area contributed by atoms with Crippen LogP contribution in [0.3, 0.4) is 0 Å². The molecule has 0 bridgehead atoms. The molecular formula is C12H15N5O. The highest BCUT2D eigenvalue weighted by Crippen LogP contribution is 2.18. The van der Waals surface area contributed by atoms with Crippen molar-refractivity contribution in [2.24, 2.45) is 0 Å². The zero-order chi connectivity index (χ0) is 12.7. The lowest BCUT2D eigenvalue weighted by Crippen LogP contribution is -2.31. The van der Waals surface area contributed by atoms with Gasteiger partial charge in [-0.05, 0) is 26.3 Å². The largest absolute Gasteiger partial charge is 0.383 e. The summed E-state index contributed by atoms with van der Waals surface area (Å²) in [6.07, 6.45) is 3.43. The molecule has 0 aromatic carbocycles. The van der Waals surface area contributed by atoms with E-state index in [1.54, 1.807) is 6.20 Å². The van der Waals surface area contributed by atoms with Gasteiger partial charge in [0.25, 0.3) is 0 Å². The molecule has 18 heavy (non-hydrogen) atoms. The second kappa shape index (κ2) is 4.06. The number of Topliss-reactive ketones (excluding diaryl/α,β-unsaturated/α-hetero) is 1. The number of carbonyl (C=O) groups excluding carboxylic acids is 1. The van der Waals surface area contributed by atoms with Crippen molar-refractivity contribution in [2.45, 2.75) is 25.8 Å². The smallest absolute Gasteiger partial charge is 0.184 e. The van der Waals surface area contributed by atoms with Crippen LogP contribution in [0.1, 0.15) is 28.9 Å². The van der Waals surface area contributed by atoms with Gasteiger partial charge < -0.3 is 11.1 Å². The second-order valence-electron chi connectivity index (χ2n) is 4.63. The number of fused-ring (bicyclic) bond motifs is 1. The second-order valence-corrected chi connectivity index (χ2v) is 4.63. The summed E-state index contributed by atoms with van der Waals surface area (Å²) in [7, 11) is 0.